The molecule has 0 aliphatic heterocycles. The van der Waals surface area contributed by atoms with Crippen LogP contribution in [0.5, 0.6) is 0 Å². The van der Waals surface area contributed by atoms with E-state index < -0.39 is 0 Å². The third-order valence-corrected chi connectivity index (χ3v) is 2.59. The van der Waals surface area contributed by atoms with E-state index in [2.05, 4.69) is 6.08 Å². The first-order chi connectivity index (χ1) is 4.88. The molecule has 1 nitrogen and oxygen atoms in total. The predicted molar refractivity (Wildman–Crippen MR) is 39.7 cm³/mol. The Bertz CT molecular complexity index is 191. The van der Waals surface area contributed by atoms with E-state index in [-0.39, 0.29) is 0 Å². The highest BCUT2D eigenvalue weighted by molar-refractivity contribution is 5.98. The van der Waals surface area contributed by atoms with Crippen molar-refractivity contribution >= 4 is 5.78 Å². The van der Waals surface area contributed by atoms with Gasteiger partial charge in [-0.3, -0.25) is 4.79 Å². The molecule has 1 fully saturated rings. The molecule has 2 rings (SSSR count). The van der Waals surface area contributed by atoms with Crippen molar-refractivity contribution in [3.63, 3.8) is 0 Å². The first-order valence-corrected chi connectivity index (χ1v) is 4.11. The molecular formula is C9H12O. The van der Waals surface area contributed by atoms with Crippen molar-refractivity contribution in [1.82, 2.24) is 0 Å². The van der Waals surface area contributed by atoms with Crippen LogP contribution in [-0.4, -0.2) is 5.78 Å². The van der Waals surface area contributed by atoms with Gasteiger partial charge in [0.2, 0.25) is 0 Å². The third kappa shape index (κ3) is 0.808. The number of hydrogen-bond acceptors (Lipinski definition) is 1. The van der Waals surface area contributed by atoms with Crippen molar-refractivity contribution in [2.45, 2.75) is 32.1 Å². The summed E-state index contributed by atoms with van der Waals surface area (Å²) in [5.41, 5.74) is 1.13. The molecular weight excluding hydrogens is 124 g/mol. The van der Waals surface area contributed by atoms with Gasteiger partial charge >= 0.3 is 0 Å². The fourth-order valence-electron chi connectivity index (χ4n) is 1.99. The Hall–Kier alpha value is -0.590. The summed E-state index contributed by atoms with van der Waals surface area (Å²) in [7, 11) is 0. The minimum atomic E-state index is 0.411. The van der Waals surface area contributed by atoms with Gasteiger partial charge in [0.25, 0.3) is 0 Å². The lowest BCUT2D eigenvalue weighted by atomic mass is 9.77. The predicted octanol–water partition coefficient (Wildman–Crippen LogP) is 2.08. The first kappa shape index (κ1) is 6.14. The van der Waals surface area contributed by atoms with Gasteiger partial charge < -0.3 is 0 Å². The van der Waals surface area contributed by atoms with Gasteiger partial charge in [0.1, 0.15) is 0 Å². The van der Waals surface area contributed by atoms with Crippen molar-refractivity contribution in [3.8, 4) is 0 Å². The molecule has 2 bridgehead atoms. The van der Waals surface area contributed by atoms with E-state index in [4.69, 9.17) is 0 Å². The molecule has 0 N–H and O–H groups in total. The topological polar surface area (TPSA) is 17.1 Å². The van der Waals surface area contributed by atoms with Crippen LogP contribution in [0.15, 0.2) is 11.6 Å². The van der Waals surface area contributed by atoms with E-state index in [1.54, 1.807) is 0 Å². The van der Waals surface area contributed by atoms with Crippen molar-refractivity contribution in [2.24, 2.45) is 5.92 Å². The van der Waals surface area contributed by atoms with E-state index in [0.717, 1.165) is 31.3 Å². The van der Waals surface area contributed by atoms with E-state index >= 15 is 0 Å². The number of hydrogen-bond donors (Lipinski definition) is 0. The van der Waals surface area contributed by atoms with Crippen LogP contribution in [0, 0.1) is 5.92 Å². The lowest BCUT2D eigenvalue weighted by Crippen LogP contribution is -2.24. The number of ketones is 1. The summed E-state index contributed by atoms with van der Waals surface area (Å²) in [5, 5.41) is 0. The van der Waals surface area contributed by atoms with E-state index in [9.17, 15) is 4.79 Å². The van der Waals surface area contributed by atoms with Crippen molar-refractivity contribution < 1.29 is 4.79 Å². The smallest absolute Gasteiger partial charge is 0.161 e. The second-order valence-electron chi connectivity index (χ2n) is 3.26. The third-order valence-electron chi connectivity index (χ3n) is 2.59. The van der Waals surface area contributed by atoms with Gasteiger partial charge in [-0.15, -0.1) is 0 Å². The van der Waals surface area contributed by atoms with Crippen molar-refractivity contribution in [3.05, 3.63) is 11.6 Å². The Kier molecular flexibility index (Phi) is 1.37. The Morgan fingerprint density at radius 3 is 3.00 bits per heavy atom. The zero-order valence-corrected chi connectivity index (χ0v) is 6.10. The number of rotatable bonds is 0. The van der Waals surface area contributed by atoms with Crippen LogP contribution in [0.2, 0.25) is 0 Å². The fraction of sp³-hybridized carbons (Fsp3) is 0.667. The average Bonchev–Trinajstić information content (AvgIpc) is 1.86. The van der Waals surface area contributed by atoms with Gasteiger partial charge in [0.15, 0.2) is 5.78 Å². The molecule has 2 aliphatic rings. The molecule has 2 aliphatic carbocycles. The highest BCUT2D eigenvalue weighted by atomic mass is 16.1. The van der Waals surface area contributed by atoms with Gasteiger partial charge in [0, 0.05) is 5.92 Å². The normalized spacial score (nSPS) is 31.8. The summed E-state index contributed by atoms with van der Waals surface area (Å²) in [4.78, 5) is 11.3. The molecule has 0 spiro atoms. The summed E-state index contributed by atoms with van der Waals surface area (Å²) in [6, 6.07) is 0. The monoisotopic (exact) mass is 136 g/mol. The summed E-state index contributed by atoms with van der Waals surface area (Å²) in [6.45, 7) is 0. The average molecular weight is 136 g/mol. The van der Waals surface area contributed by atoms with Gasteiger partial charge in [-0.1, -0.05) is 6.08 Å². The SMILES string of the molecule is O=C1C2=CCCC1CCC2. The molecule has 1 heteroatoms. The molecule has 10 heavy (non-hydrogen) atoms. The molecule has 0 aromatic heterocycles. The number of Topliss-reactive ketones (excluding diaryl/α,β-unsaturated/α-hetero) is 1. The molecule has 0 aromatic carbocycles. The molecule has 0 amide bonds. The number of carbonyl (C=O) groups excluding carboxylic acids is 1. The van der Waals surface area contributed by atoms with Gasteiger partial charge in [-0.05, 0) is 37.7 Å². The van der Waals surface area contributed by atoms with Gasteiger partial charge in [0.05, 0.1) is 0 Å². The van der Waals surface area contributed by atoms with Crippen molar-refractivity contribution in [1.29, 1.82) is 0 Å². The highest BCUT2D eigenvalue weighted by Crippen LogP contribution is 2.32. The Balaban J connectivity index is 2.29. The highest BCUT2D eigenvalue weighted by Gasteiger charge is 2.28. The quantitative estimate of drug-likeness (QED) is 0.498. The Labute approximate surface area is 61.1 Å². The molecule has 1 unspecified atom stereocenters. The zero-order chi connectivity index (χ0) is 6.97. The van der Waals surface area contributed by atoms with Gasteiger partial charge in [-0.2, -0.15) is 0 Å². The fourth-order valence-corrected chi connectivity index (χ4v) is 1.99. The molecule has 1 atom stereocenters. The lowest BCUT2D eigenvalue weighted by Gasteiger charge is -2.26. The summed E-state index contributed by atoms with van der Waals surface area (Å²) in [6.07, 6.45) is 7.83. The van der Waals surface area contributed by atoms with Crippen LogP contribution in [0.3, 0.4) is 0 Å². The van der Waals surface area contributed by atoms with Crippen LogP contribution >= 0.6 is 0 Å². The maximum atomic E-state index is 11.3. The molecule has 0 heterocycles. The summed E-state index contributed by atoms with van der Waals surface area (Å²) in [5.74, 6) is 0.867. The summed E-state index contributed by atoms with van der Waals surface area (Å²) >= 11 is 0. The largest absolute Gasteiger partial charge is 0.294 e. The lowest BCUT2D eigenvalue weighted by molar-refractivity contribution is -0.121. The second kappa shape index (κ2) is 2.22. The first-order valence-electron chi connectivity index (χ1n) is 4.11. The van der Waals surface area contributed by atoms with Crippen LogP contribution in [0.1, 0.15) is 32.1 Å². The van der Waals surface area contributed by atoms with Crippen LogP contribution < -0.4 is 0 Å². The number of fused-ring (bicyclic) bond motifs is 2. The second-order valence-corrected chi connectivity index (χ2v) is 3.26. The standard InChI is InChI=1S/C9H12O/c10-9-7-3-1-4-8(9)6-2-5-7/h3,8H,1-2,4-6H2. The van der Waals surface area contributed by atoms with Crippen LogP contribution in [0.25, 0.3) is 0 Å². The molecule has 0 radical (unpaired) electrons. The van der Waals surface area contributed by atoms with E-state index in [1.807, 2.05) is 0 Å². The van der Waals surface area contributed by atoms with Gasteiger partial charge in [-0.25, -0.2) is 0 Å². The molecule has 1 saturated carbocycles. The molecule has 0 saturated heterocycles. The maximum Gasteiger partial charge on any atom is 0.161 e. The van der Waals surface area contributed by atoms with Crippen molar-refractivity contribution in [2.75, 3.05) is 0 Å². The zero-order valence-electron chi connectivity index (χ0n) is 6.10. The Morgan fingerprint density at radius 1 is 1.40 bits per heavy atom. The minimum absolute atomic E-state index is 0.411. The molecule has 0 aromatic rings. The minimum Gasteiger partial charge on any atom is -0.294 e. The van der Waals surface area contributed by atoms with E-state index in [1.165, 1.54) is 6.42 Å². The maximum absolute atomic E-state index is 11.3. The summed E-state index contributed by atoms with van der Waals surface area (Å²) < 4.78 is 0. The van der Waals surface area contributed by atoms with Crippen LogP contribution in [0.4, 0.5) is 0 Å². The molecule has 54 valence electrons. The Morgan fingerprint density at radius 2 is 2.30 bits per heavy atom. The van der Waals surface area contributed by atoms with E-state index in [0.29, 0.717) is 11.7 Å². The number of allylic oxidation sites excluding steroid dienone is 2. The number of carbonyl (C=O) groups is 1. The van der Waals surface area contributed by atoms with Crippen LogP contribution in [-0.2, 0) is 4.79 Å².